The summed E-state index contributed by atoms with van der Waals surface area (Å²) < 4.78 is 13.0. The molecular formula is C16H17N3O4. The van der Waals surface area contributed by atoms with Crippen LogP contribution in [0.1, 0.15) is 21.7 Å². The zero-order valence-electron chi connectivity index (χ0n) is 12.6. The fraction of sp³-hybridized carbons (Fsp3) is 0.375. The zero-order chi connectivity index (χ0) is 15.8. The maximum atomic E-state index is 12.9. The van der Waals surface area contributed by atoms with E-state index in [9.17, 15) is 9.90 Å². The van der Waals surface area contributed by atoms with Gasteiger partial charge in [-0.3, -0.25) is 9.48 Å². The van der Waals surface area contributed by atoms with E-state index in [0.717, 1.165) is 5.69 Å². The third-order valence-electron chi connectivity index (χ3n) is 4.09. The molecule has 2 aromatic rings. The third-order valence-corrected chi connectivity index (χ3v) is 4.09. The van der Waals surface area contributed by atoms with Gasteiger partial charge in [-0.1, -0.05) is 6.07 Å². The zero-order valence-corrected chi connectivity index (χ0v) is 12.6. The van der Waals surface area contributed by atoms with E-state index >= 15 is 0 Å². The topological polar surface area (TPSA) is 76.8 Å². The molecule has 2 aliphatic rings. The van der Waals surface area contributed by atoms with Gasteiger partial charge >= 0.3 is 0 Å². The van der Waals surface area contributed by atoms with E-state index in [1.165, 1.54) is 0 Å². The molecule has 0 saturated heterocycles. The minimum atomic E-state index is -0.0919. The SMILES string of the molecule is O=C(c1cccc2c1OCCO2)N1CCn2nc(CO)cc2C1. The van der Waals surface area contributed by atoms with E-state index in [1.807, 2.05) is 16.8 Å². The van der Waals surface area contributed by atoms with Gasteiger partial charge in [-0.15, -0.1) is 0 Å². The highest BCUT2D eigenvalue weighted by molar-refractivity contribution is 5.97. The first-order valence-corrected chi connectivity index (χ1v) is 7.60. The second-order valence-electron chi connectivity index (χ2n) is 5.56. The lowest BCUT2D eigenvalue weighted by Gasteiger charge is -2.29. The normalized spacial score (nSPS) is 16.1. The highest BCUT2D eigenvalue weighted by Gasteiger charge is 2.27. The molecule has 0 bridgehead atoms. The van der Waals surface area contributed by atoms with E-state index in [-0.39, 0.29) is 12.5 Å². The molecule has 0 radical (unpaired) electrons. The number of hydrogen-bond donors (Lipinski definition) is 1. The summed E-state index contributed by atoms with van der Waals surface area (Å²) in [6, 6.07) is 7.21. The monoisotopic (exact) mass is 315 g/mol. The molecule has 120 valence electrons. The van der Waals surface area contributed by atoms with Crippen LogP contribution in [-0.4, -0.2) is 45.5 Å². The summed E-state index contributed by atoms with van der Waals surface area (Å²) in [5.41, 5.74) is 2.08. The molecule has 7 nitrogen and oxygen atoms in total. The number of fused-ring (bicyclic) bond motifs is 2. The lowest BCUT2D eigenvalue weighted by atomic mass is 10.1. The largest absolute Gasteiger partial charge is 0.486 e. The molecule has 1 N–H and O–H groups in total. The van der Waals surface area contributed by atoms with Crippen LogP contribution in [-0.2, 0) is 19.7 Å². The van der Waals surface area contributed by atoms with E-state index in [0.29, 0.717) is 55.6 Å². The molecule has 1 aromatic heterocycles. The number of aliphatic hydroxyl groups excluding tert-OH is 1. The number of rotatable bonds is 2. The Balaban J connectivity index is 1.61. The molecule has 0 atom stereocenters. The number of aromatic nitrogens is 2. The van der Waals surface area contributed by atoms with Crippen LogP contribution < -0.4 is 9.47 Å². The van der Waals surface area contributed by atoms with E-state index in [1.54, 1.807) is 17.0 Å². The highest BCUT2D eigenvalue weighted by Crippen LogP contribution is 2.34. The summed E-state index contributed by atoms with van der Waals surface area (Å²) in [7, 11) is 0. The number of para-hydroxylation sites is 1. The summed E-state index contributed by atoms with van der Waals surface area (Å²) in [5, 5.41) is 13.5. The summed E-state index contributed by atoms with van der Waals surface area (Å²) in [6.07, 6.45) is 0. The van der Waals surface area contributed by atoms with Crippen LogP contribution in [0.4, 0.5) is 0 Å². The number of nitrogens with zero attached hydrogens (tertiary/aromatic N) is 3. The van der Waals surface area contributed by atoms with Gasteiger partial charge < -0.3 is 19.5 Å². The summed E-state index contributed by atoms with van der Waals surface area (Å²) in [5.74, 6) is 1.07. The molecule has 23 heavy (non-hydrogen) atoms. The van der Waals surface area contributed by atoms with Crippen molar-refractivity contribution < 1.29 is 19.4 Å². The first-order valence-electron chi connectivity index (χ1n) is 7.60. The Morgan fingerprint density at radius 2 is 2.13 bits per heavy atom. The molecule has 0 aliphatic carbocycles. The Bertz CT molecular complexity index is 756. The quantitative estimate of drug-likeness (QED) is 0.887. The first-order chi connectivity index (χ1) is 11.3. The molecule has 3 heterocycles. The van der Waals surface area contributed by atoms with Crippen molar-refractivity contribution in [3.8, 4) is 11.5 Å². The number of carbonyl (C=O) groups is 1. The fourth-order valence-corrected chi connectivity index (χ4v) is 2.99. The van der Waals surface area contributed by atoms with Gasteiger partial charge in [0.15, 0.2) is 11.5 Å². The number of amides is 1. The van der Waals surface area contributed by atoms with Gasteiger partial charge in [-0.25, -0.2) is 0 Å². The second kappa shape index (κ2) is 5.58. The average Bonchev–Trinajstić information content (AvgIpc) is 3.03. The smallest absolute Gasteiger partial charge is 0.258 e. The molecule has 7 heteroatoms. The van der Waals surface area contributed by atoms with E-state index in [2.05, 4.69) is 5.10 Å². The van der Waals surface area contributed by atoms with E-state index in [4.69, 9.17) is 9.47 Å². The van der Waals surface area contributed by atoms with Crippen LogP contribution in [0.2, 0.25) is 0 Å². The van der Waals surface area contributed by atoms with Crippen molar-refractivity contribution in [2.45, 2.75) is 19.7 Å². The predicted molar refractivity (Wildman–Crippen MR) is 80.3 cm³/mol. The average molecular weight is 315 g/mol. The van der Waals surface area contributed by atoms with Gasteiger partial charge in [0.25, 0.3) is 5.91 Å². The van der Waals surface area contributed by atoms with Crippen LogP contribution in [0, 0.1) is 0 Å². The number of ether oxygens (including phenoxy) is 2. The Morgan fingerprint density at radius 1 is 1.26 bits per heavy atom. The minimum Gasteiger partial charge on any atom is -0.486 e. The maximum Gasteiger partial charge on any atom is 0.258 e. The Labute approximate surface area is 133 Å². The number of carbonyl (C=O) groups excluding carboxylic acids is 1. The molecular weight excluding hydrogens is 298 g/mol. The van der Waals surface area contributed by atoms with Crippen LogP contribution >= 0.6 is 0 Å². The van der Waals surface area contributed by atoms with Crippen LogP contribution in [0.15, 0.2) is 24.3 Å². The summed E-state index contributed by atoms with van der Waals surface area (Å²) in [6.45, 7) is 2.51. The third kappa shape index (κ3) is 2.43. The number of hydrogen-bond acceptors (Lipinski definition) is 5. The fourth-order valence-electron chi connectivity index (χ4n) is 2.99. The highest BCUT2D eigenvalue weighted by atomic mass is 16.6. The van der Waals surface area contributed by atoms with Gasteiger partial charge in [-0.2, -0.15) is 5.10 Å². The maximum absolute atomic E-state index is 12.9. The van der Waals surface area contributed by atoms with Crippen molar-refractivity contribution in [3.63, 3.8) is 0 Å². The van der Waals surface area contributed by atoms with Gasteiger partial charge in [0.1, 0.15) is 13.2 Å². The van der Waals surface area contributed by atoms with Crippen LogP contribution in [0.5, 0.6) is 11.5 Å². The van der Waals surface area contributed by atoms with Gasteiger partial charge in [0.05, 0.1) is 36.6 Å². The van der Waals surface area contributed by atoms with Crippen LogP contribution in [0.3, 0.4) is 0 Å². The van der Waals surface area contributed by atoms with Gasteiger partial charge in [0.2, 0.25) is 0 Å². The van der Waals surface area contributed by atoms with Gasteiger partial charge in [-0.05, 0) is 18.2 Å². The Morgan fingerprint density at radius 3 is 3.00 bits per heavy atom. The van der Waals surface area contributed by atoms with Crippen LogP contribution in [0.25, 0.3) is 0 Å². The van der Waals surface area contributed by atoms with Crippen molar-refractivity contribution in [3.05, 3.63) is 41.2 Å². The van der Waals surface area contributed by atoms with Crippen molar-refractivity contribution in [1.82, 2.24) is 14.7 Å². The Kier molecular flexibility index (Phi) is 3.42. The predicted octanol–water partition coefficient (Wildman–Crippen LogP) is 0.803. The Hall–Kier alpha value is -2.54. The lowest BCUT2D eigenvalue weighted by Crippen LogP contribution is -2.38. The number of benzene rings is 1. The summed E-state index contributed by atoms with van der Waals surface area (Å²) >= 11 is 0. The van der Waals surface area contributed by atoms with Crippen molar-refractivity contribution in [1.29, 1.82) is 0 Å². The molecule has 1 amide bonds. The molecule has 0 unspecified atom stereocenters. The second-order valence-corrected chi connectivity index (χ2v) is 5.56. The first kappa shape index (κ1) is 14.1. The molecule has 0 saturated carbocycles. The van der Waals surface area contributed by atoms with Crippen molar-refractivity contribution in [2.24, 2.45) is 0 Å². The molecule has 0 spiro atoms. The molecule has 1 aromatic carbocycles. The molecule has 0 fully saturated rings. The number of aliphatic hydroxyl groups is 1. The van der Waals surface area contributed by atoms with Gasteiger partial charge in [0, 0.05) is 6.54 Å². The van der Waals surface area contributed by atoms with Crippen molar-refractivity contribution in [2.75, 3.05) is 19.8 Å². The molecule has 2 aliphatic heterocycles. The minimum absolute atomic E-state index is 0.0784. The molecule has 4 rings (SSSR count). The summed E-state index contributed by atoms with van der Waals surface area (Å²) in [4.78, 5) is 14.6. The standard InChI is InChI=1S/C16H17N3O4/c20-10-11-8-12-9-18(4-5-19(12)17-11)16(21)13-2-1-3-14-15(13)23-7-6-22-14/h1-3,8,20H,4-7,9-10H2. The lowest BCUT2D eigenvalue weighted by molar-refractivity contribution is 0.0695. The van der Waals surface area contributed by atoms with E-state index < -0.39 is 0 Å². The van der Waals surface area contributed by atoms with Crippen molar-refractivity contribution >= 4 is 5.91 Å².